The van der Waals surface area contributed by atoms with E-state index in [1.54, 1.807) is 18.2 Å². The van der Waals surface area contributed by atoms with Crippen molar-refractivity contribution < 1.29 is 0 Å². The van der Waals surface area contributed by atoms with Crippen molar-refractivity contribution in [3.63, 3.8) is 0 Å². The van der Waals surface area contributed by atoms with E-state index in [1.807, 2.05) is 6.07 Å². The largest absolute Gasteiger partial charge is 0.330 e. The minimum Gasteiger partial charge on any atom is -0.330 e. The van der Waals surface area contributed by atoms with Crippen LogP contribution in [0, 0.1) is 11.3 Å². The summed E-state index contributed by atoms with van der Waals surface area (Å²) in [5.41, 5.74) is 1.21. The van der Waals surface area contributed by atoms with Gasteiger partial charge in [0.1, 0.15) is 17.6 Å². The topological polar surface area (TPSA) is 52.5 Å². The van der Waals surface area contributed by atoms with Gasteiger partial charge in [0.05, 0.1) is 16.2 Å². The molecule has 0 radical (unpaired) electrons. The molecule has 0 amide bonds. The maximum absolute atomic E-state index is 8.63. The van der Waals surface area contributed by atoms with Gasteiger partial charge in [-0.05, 0) is 18.2 Å². The monoisotopic (exact) mass is 237 g/mol. The second-order valence-electron chi connectivity index (χ2n) is 2.89. The Labute approximate surface area is 96.3 Å². The predicted molar refractivity (Wildman–Crippen MR) is 58.8 cm³/mol. The zero-order chi connectivity index (χ0) is 10.8. The molecule has 5 heteroatoms. The molecule has 1 heterocycles. The molecule has 1 aromatic heterocycles. The van der Waals surface area contributed by atoms with E-state index in [4.69, 9.17) is 28.5 Å². The molecule has 0 saturated heterocycles. The van der Waals surface area contributed by atoms with Gasteiger partial charge in [-0.15, -0.1) is 0 Å². The lowest BCUT2D eigenvalue weighted by Crippen LogP contribution is -1.81. The Hall–Kier alpha value is -1.50. The molecule has 2 aromatic rings. The van der Waals surface area contributed by atoms with E-state index in [1.165, 1.54) is 6.20 Å². The molecule has 1 aromatic carbocycles. The van der Waals surface area contributed by atoms with Crippen molar-refractivity contribution in [1.82, 2.24) is 9.97 Å². The number of imidazole rings is 1. The fourth-order valence-corrected chi connectivity index (χ4v) is 1.47. The minimum absolute atomic E-state index is 0.413. The average Bonchev–Trinajstić information content (AvgIpc) is 2.70. The average molecular weight is 238 g/mol. The van der Waals surface area contributed by atoms with E-state index in [9.17, 15) is 0 Å². The SMILES string of the molecule is N#Cc1cnc(-c2ccc(Cl)c(Cl)c2)[nH]1. The van der Waals surface area contributed by atoms with Crippen LogP contribution in [0.15, 0.2) is 24.4 Å². The van der Waals surface area contributed by atoms with Crippen LogP contribution in [0.3, 0.4) is 0 Å². The molecule has 0 bridgehead atoms. The Balaban J connectivity index is 2.46. The fraction of sp³-hybridized carbons (Fsp3) is 0. The molecular formula is C10H5Cl2N3. The van der Waals surface area contributed by atoms with Crippen molar-refractivity contribution in [2.75, 3.05) is 0 Å². The van der Waals surface area contributed by atoms with Gasteiger partial charge < -0.3 is 4.98 Å². The molecule has 3 nitrogen and oxygen atoms in total. The van der Waals surface area contributed by atoms with Crippen LogP contribution in [0.2, 0.25) is 10.0 Å². The summed E-state index contributed by atoms with van der Waals surface area (Å²) in [5.74, 6) is 0.602. The van der Waals surface area contributed by atoms with Gasteiger partial charge in [-0.3, -0.25) is 0 Å². The van der Waals surface area contributed by atoms with Gasteiger partial charge in [0.15, 0.2) is 0 Å². The Morgan fingerprint density at radius 1 is 1.27 bits per heavy atom. The Bertz CT molecular complexity index is 540. The molecule has 0 aliphatic carbocycles. The van der Waals surface area contributed by atoms with Crippen LogP contribution in [0.4, 0.5) is 0 Å². The molecule has 0 spiro atoms. The Kier molecular flexibility index (Phi) is 2.63. The van der Waals surface area contributed by atoms with Crippen LogP contribution in [0.5, 0.6) is 0 Å². The summed E-state index contributed by atoms with van der Waals surface area (Å²) >= 11 is 11.7. The van der Waals surface area contributed by atoms with E-state index >= 15 is 0 Å². The fourth-order valence-electron chi connectivity index (χ4n) is 1.17. The number of nitriles is 1. The van der Waals surface area contributed by atoms with E-state index in [0.717, 1.165) is 5.56 Å². The highest BCUT2D eigenvalue weighted by Gasteiger charge is 2.05. The molecule has 0 atom stereocenters. The number of nitrogens with zero attached hydrogens (tertiary/aromatic N) is 2. The van der Waals surface area contributed by atoms with Crippen LogP contribution in [0.25, 0.3) is 11.4 Å². The third-order valence-electron chi connectivity index (χ3n) is 1.89. The summed E-state index contributed by atoms with van der Waals surface area (Å²) in [6.45, 7) is 0. The zero-order valence-corrected chi connectivity index (χ0v) is 8.97. The van der Waals surface area contributed by atoms with E-state index < -0.39 is 0 Å². The van der Waals surface area contributed by atoms with Gasteiger partial charge in [0.25, 0.3) is 0 Å². The third kappa shape index (κ3) is 1.96. The quantitative estimate of drug-likeness (QED) is 0.828. The number of nitrogens with one attached hydrogen (secondary N) is 1. The number of aromatic nitrogens is 2. The standard InChI is InChI=1S/C10H5Cl2N3/c11-8-2-1-6(3-9(8)12)10-14-5-7(4-13)15-10/h1-3,5H,(H,14,15). The Morgan fingerprint density at radius 3 is 2.67 bits per heavy atom. The maximum atomic E-state index is 8.63. The van der Waals surface area contributed by atoms with Crippen molar-refractivity contribution >= 4 is 23.2 Å². The number of halogens is 2. The first kappa shape index (κ1) is 10.0. The van der Waals surface area contributed by atoms with Crippen LogP contribution in [0.1, 0.15) is 5.69 Å². The molecule has 0 fully saturated rings. The second kappa shape index (κ2) is 3.93. The van der Waals surface area contributed by atoms with Crippen LogP contribution >= 0.6 is 23.2 Å². The van der Waals surface area contributed by atoms with E-state index in [2.05, 4.69) is 9.97 Å². The highest BCUT2D eigenvalue weighted by Crippen LogP contribution is 2.26. The lowest BCUT2D eigenvalue weighted by Gasteiger charge is -1.99. The molecular weight excluding hydrogens is 233 g/mol. The highest BCUT2D eigenvalue weighted by atomic mass is 35.5. The summed E-state index contributed by atoms with van der Waals surface area (Å²) in [4.78, 5) is 6.90. The molecule has 0 unspecified atom stereocenters. The number of benzene rings is 1. The van der Waals surface area contributed by atoms with Crippen LogP contribution in [-0.4, -0.2) is 9.97 Å². The summed E-state index contributed by atoms with van der Waals surface area (Å²) in [6, 6.07) is 7.14. The first-order chi connectivity index (χ1) is 7.20. The van der Waals surface area contributed by atoms with Gasteiger partial charge in [-0.25, -0.2) is 4.98 Å². The summed E-state index contributed by atoms with van der Waals surface area (Å²) in [5, 5.41) is 9.58. The maximum Gasteiger partial charge on any atom is 0.138 e. The van der Waals surface area contributed by atoms with Gasteiger partial charge in [0.2, 0.25) is 0 Å². The number of hydrogen-bond acceptors (Lipinski definition) is 2. The van der Waals surface area contributed by atoms with E-state index in [-0.39, 0.29) is 0 Å². The number of rotatable bonds is 1. The summed E-state index contributed by atoms with van der Waals surface area (Å²) in [7, 11) is 0. The van der Waals surface area contributed by atoms with Crippen molar-refractivity contribution in [2.24, 2.45) is 0 Å². The Morgan fingerprint density at radius 2 is 2.07 bits per heavy atom. The molecule has 1 N–H and O–H groups in total. The molecule has 15 heavy (non-hydrogen) atoms. The van der Waals surface area contributed by atoms with Gasteiger partial charge >= 0.3 is 0 Å². The van der Waals surface area contributed by atoms with Crippen molar-refractivity contribution in [3.8, 4) is 17.5 Å². The molecule has 0 saturated carbocycles. The number of H-pyrrole nitrogens is 1. The van der Waals surface area contributed by atoms with Crippen molar-refractivity contribution in [3.05, 3.63) is 40.1 Å². The van der Waals surface area contributed by atoms with Gasteiger partial charge in [-0.1, -0.05) is 23.2 Å². The smallest absolute Gasteiger partial charge is 0.138 e. The first-order valence-electron chi connectivity index (χ1n) is 4.11. The lowest BCUT2D eigenvalue weighted by molar-refractivity contribution is 1.29. The highest BCUT2D eigenvalue weighted by molar-refractivity contribution is 6.42. The van der Waals surface area contributed by atoms with Crippen molar-refractivity contribution in [1.29, 1.82) is 5.26 Å². The van der Waals surface area contributed by atoms with Gasteiger partial charge in [0, 0.05) is 5.56 Å². The normalized spacial score (nSPS) is 9.93. The van der Waals surface area contributed by atoms with Crippen LogP contribution in [-0.2, 0) is 0 Å². The summed E-state index contributed by atoms with van der Waals surface area (Å²) in [6.07, 6.45) is 1.47. The minimum atomic E-state index is 0.413. The van der Waals surface area contributed by atoms with Gasteiger partial charge in [-0.2, -0.15) is 5.26 Å². The number of hydrogen-bond donors (Lipinski definition) is 1. The van der Waals surface area contributed by atoms with E-state index in [0.29, 0.717) is 21.6 Å². The second-order valence-corrected chi connectivity index (χ2v) is 3.70. The lowest BCUT2D eigenvalue weighted by atomic mass is 10.2. The molecule has 74 valence electrons. The zero-order valence-electron chi connectivity index (χ0n) is 7.46. The number of aromatic amines is 1. The summed E-state index contributed by atoms with van der Waals surface area (Å²) < 4.78 is 0. The molecule has 0 aliphatic heterocycles. The predicted octanol–water partition coefficient (Wildman–Crippen LogP) is 3.26. The third-order valence-corrected chi connectivity index (χ3v) is 2.63. The van der Waals surface area contributed by atoms with Crippen molar-refractivity contribution in [2.45, 2.75) is 0 Å². The van der Waals surface area contributed by atoms with Crippen LogP contribution < -0.4 is 0 Å². The molecule has 2 rings (SSSR count). The first-order valence-corrected chi connectivity index (χ1v) is 4.87. The molecule has 0 aliphatic rings.